The second kappa shape index (κ2) is 4.96. The van der Waals surface area contributed by atoms with E-state index in [9.17, 15) is 9.59 Å². The lowest BCUT2D eigenvalue weighted by Crippen LogP contribution is -2.43. The third kappa shape index (κ3) is 3.28. The van der Waals surface area contributed by atoms with E-state index in [4.69, 9.17) is 5.11 Å². The molecule has 2 rings (SSSR count). The van der Waals surface area contributed by atoms with Crippen LogP contribution in [0.15, 0.2) is 12.4 Å². The zero-order valence-electron chi connectivity index (χ0n) is 9.22. The van der Waals surface area contributed by atoms with E-state index in [1.54, 1.807) is 0 Å². The number of anilines is 1. The maximum atomic E-state index is 11.6. The number of aromatic nitrogens is 2. The molecule has 3 N–H and O–H groups in total. The van der Waals surface area contributed by atoms with Crippen LogP contribution in [0.4, 0.5) is 5.69 Å². The average molecular weight is 238 g/mol. The number of amides is 1. The summed E-state index contributed by atoms with van der Waals surface area (Å²) in [6.07, 6.45) is 3.43. The molecule has 2 heterocycles. The number of carbonyl (C=O) groups excluding carboxylic acids is 1. The number of carboxylic acid groups (broad SMARTS) is 1. The van der Waals surface area contributed by atoms with Gasteiger partial charge in [0.2, 0.25) is 5.91 Å². The van der Waals surface area contributed by atoms with Crippen LogP contribution in [0.3, 0.4) is 0 Å². The van der Waals surface area contributed by atoms with Crippen molar-refractivity contribution >= 4 is 17.6 Å². The van der Waals surface area contributed by atoms with Crippen LogP contribution in [0, 0.1) is 5.92 Å². The molecule has 7 heteroatoms. The van der Waals surface area contributed by atoms with E-state index in [0.717, 1.165) is 13.1 Å². The molecular weight excluding hydrogens is 224 g/mol. The van der Waals surface area contributed by atoms with E-state index < -0.39 is 5.97 Å². The van der Waals surface area contributed by atoms with Gasteiger partial charge in [0, 0.05) is 12.6 Å². The van der Waals surface area contributed by atoms with Gasteiger partial charge < -0.3 is 15.7 Å². The van der Waals surface area contributed by atoms with E-state index in [-0.39, 0.29) is 12.5 Å². The van der Waals surface area contributed by atoms with Gasteiger partial charge in [-0.25, -0.2) is 0 Å². The topological polar surface area (TPSA) is 96.2 Å². The number of nitrogens with one attached hydrogen (secondary N) is 2. The van der Waals surface area contributed by atoms with Gasteiger partial charge in [-0.15, -0.1) is 0 Å². The summed E-state index contributed by atoms with van der Waals surface area (Å²) in [6.45, 7) is 1.56. The largest absolute Gasteiger partial charge is 0.480 e. The van der Waals surface area contributed by atoms with E-state index in [2.05, 4.69) is 15.7 Å². The summed E-state index contributed by atoms with van der Waals surface area (Å²) in [6, 6.07) is 0. The number of aliphatic carboxylic acids is 1. The smallest absolute Gasteiger partial charge is 0.325 e. The number of hydrogen-bond acceptors (Lipinski definition) is 4. The van der Waals surface area contributed by atoms with Crippen molar-refractivity contribution in [1.82, 2.24) is 15.1 Å². The van der Waals surface area contributed by atoms with Crippen LogP contribution in [-0.2, 0) is 16.1 Å². The third-order valence-corrected chi connectivity index (χ3v) is 2.55. The van der Waals surface area contributed by atoms with Crippen molar-refractivity contribution in [2.45, 2.75) is 13.0 Å². The van der Waals surface area contributed by atoms with Gasteiger partial charge in [0.25, 0.3) is 0 Å². The highest BCUT2D eigenvalue weighted by Crippen LogP contribution is 2.11. The highest BCUT2D eigenvalue weighted by atomic mass is 16.4. The minimum atomic E-state index is -0.966. The first-order valence-corrected chi connectivity index (χ1v) is 5.38. The molecule has 0 radical (unpaired) electrons. The lowest BCUT2D eigenvalue weighted by atomic mass is 9.99. The van der Waals surface area contributed by atoms with Crippen molar-refractivity contribution in [3.63, 3.8) is 0 Å². The summed E-state index contributed by atoms with van der Waals surface area (Å²) in [5.41, 5.74) is 0.531. The predicted molar refractivity (Wildman–Crippen MR) is 59.5 cm³/mol. The Labute approximate surface area is 97.8 Å². The van der Waals surface area contributed by atoms with Crippen molar-refractivity contribution < 1.29 is 14.7 Å². The number of hydrogen-bond donors (Lipinski definition) is 3. The molecule has 1 aromatic rings. The molecule has 0 spiro atoms. The molecule has 1 aromatic heterocycles. The Hall–Kier alpha value is -1.89. The van der Waals surface area contributed by atoms with Crippen molar-refractivity contribution in [3.05, 3.63) is 12.4 Å². The molecule has 92 valence electrons. The van der Waals surface area contributed by atoms with Crippen molar-refractivity contribution in [2.75, 3.05) is 18.4 Å². The van der Waals surface area contributed by atoms with Crippen LogP contribution in [-0.4, -0.2) is 39.9 Å². The fourth-order valence-corrected chi connectivity index (χ4v) is 1.62. The molecule has 0 unspecified atom stereocenters. The molecule has 0 aromatic carbocycles. The van der Waals surface area contributed by atoms with Crippen LogP contribution < -0.4 is 10.6 Å². The molecule has 0 atom stereocenters. The van der Waals surface area contributed by atoms with E-state index in [1.807, 2.05) is 0 Å². The van der Waals surface area contributed by atoms with Crippen LogP contribution in [0.1, 0.15) is 6.42 Å². The molecule has 7 nitrogen and oxygen atoms in total. The normalized spacial score (nSPS) is 15.3. The van der Waals surface area contributed by atoms with E-state index >= 15 is 0 Å². The van der Waals surface area contributed by atoms with Crippen molar-refractivity contribution in [1.29, 1.82) is 0 Å². The summed E-state index contributed by atoms with van der Waals surface area (Å²) >= 11 is 0. The maximum Gasteiger partial charge on any atom is 0.325 e. The minimum Gasteiger partial charge on any atom is -0.480 e. The highest BCUT2D eigenvalue weighted by Gasteiger charge is 2.20. The summed E-state index contributed by atoms with van der Waals surface area (Å²) in [4.78, 5) is 22.0. The van der Waals surface area contributed by atoms with Gasteiger partial charge in [0.15, 0.2) is 0 Å². The fourth-order valence-electron chi connectivity index (χ4n) is 1.62. The Kier molecular flexibility index (Phi) is 3.38. The number of rotatable bonds is 5. The lowest BCUT2D eigenvalue weighted by Gasteiger charge is -2.26. The van der Waals surface area contributed by atoms with Gasteiger partial charge in [0.05, 0.1) is 11.9 Å². The molecule has 0 saturated carbocycles. The van der Waals surface area contributed by atoms with Gasteiger partial charge in [-0.05, 0) is 19.0 Å². The zero-order valence-corrected chi connectivity index (χ0v) is 9.22. The number of nitrogens with zero attached hydrogens (tertiary/aromatic N) is 2. The molecule has 0 aliphatic carbocycles. The van der Waals surface area contributed by atoms with Gasteiger partial charge in [0.1, 0.15) is 6.54 Å². The zero-order chi connectivity index (χ0) is 12.3. The highest BCUT2D eigenvalue weighted by molar-refractivity contribution is 5.90. The second-order valence-electron chi connectivity index (χ2n) is 4.10. The van der Waals surface area contributed by atoms with Gasteiger partial charge >= 0.3 is 5.97 Å². The average Bonchev–Trinajstić information content (AvgIpc) is 2.58. The van der Waals surface area contributed by atoms with Crippen molar-refractivity contribution in [2.24, 2.45) is 5.92 Å². The minimum absolute atomic E-state index is 0.0635. The first-order chi connectivity index (χ1) is 8.13. The number of carbonyl (C=O) groups is 2. The fraction of sp³-hybridized carbons (Fsp3) is 0.500. The lowest BCUT2D eigenvalue weighted by molar-refractivity contribution is -0.137. The Bertz CT molecular complexity index is 425. The summed E-state index contributed by atoms with van der Waals surface area (Å²) in [5, 5.41) is 18.2. The Morgan fingerprint density at radius 1 is 1.59 bits per heavy atom. The number of carboxylic acids is 1. The van der Waals surface area contributed by atoms with Gasteiger partial charge in [-0.2, -0.15) is 5.10 Å². The summed E-state index contributed by atoms with van der Waals surface area (Å²) in [5.74, 6) is -0.623. The molecule has 1 amide bonds. The molecule has 1 aliphatic rings. The summed E-state index contributed by atoms with van der Waals surface area (Å²) in [7, 11) is 0. The maximum absolute atomic E-state index is 11.6. The first kappa shape index (κ1) is 11.6. The quantitative estimate of drug-likeness (QED) is 0.643. The van der Waals surface area contributed by atoms with Gasteiger partial charge in [-0.3, -0.25) is 14.3 Å². The Balaban J connectivity index is 1.83. The Morgan fingerprint density at radius 3 is 2.94 bits per heavy atom. The monoisotopic (exact) mass is 238 g/mol. The molecule has 1 aliphatic heterocycles. The molecule has 1 fully saturated rings. The third-order valence-electron chi connectivity index (χ3n) is 2.55. The summed E-state index contributed by atoms with van der Waals surface area (Å²) < 4.78 is 1.27. The van der Waals surface area contributed by atoms with E-state index in [0.29, 0.717) is 18.0 Å². The predicted octanol–water partition coefficient (Wildman–Crippen LogP) is -0.484. The van der Waals surface area contributed by atoms with Crippen LogP contribution in [0.5, 0.6) is 0 Å². The van der Waals surface area contributed by atoms with Crippen LogP contribution in [0.2, 0.25) is 0 Å². The van der Waals surface area contributed by atoms with E-state index in [1.165, 1.54) is 17.1 Å². The first-order valence-electron chi connectivity index (χ1n) is 5.38. The standard InChI is InChI=1S/C10H14N4O3/c15-9(1-7-2-11-3-7)13-8-4-12-14(5-8)6-10(16)17/h4-5,7,11H,1-3,6H2,(H,13,15)(H,16,17). The van der Waals surface area contributed by atoms with Crippen LogP contribution >= 0.6 is 0 Å². The van der Waals surface area contributed by atoms with Gasteiger partial charge in [-0.1, -0.05) is 0 Å². The van der Waals surface area contributed by atoms with Crippen molar-refractivity contribution in [3.8, 4) is 0 Å². The SMILES string of the molecule is O=C(O)Cn1cc(NC(=O)CC2CNC2)cn1. The molecule has 0 bridgehead atoms. The molecular formula is C10H14N4O3. The molecule has 1 saturated heterocycles. The Morgan fingerprint density at radius 2 is 2.35 bits per heavy atom. The van der Waals surface area contributed by atoms with Crippen LogP contribution in [0.25, 0.3) is 0 Å². The second-order valence-corrected chi connectivity index (χ2v) is 4.10. The molecule has 17 heavy (non-hydrogen) atoms.